The Morgan fingerprint density at radius 1 is 0.949 bits per heavy atom. The Balaban J connectivity index is 1.54. The number of hydrogen-bond donors (Lipinski definition) is 7. The molecule has 0 saturated carbocycles. The van der Waals surface area contributed by atoms with Gasteiger partial charge in [0.1, 0.15) is 5.75 Å². The van der Waals surface area contributed by atoms with E-state index < -0.39 is 12.1 Å². The van der Waals surface area contributed by atoms with E-state index in [1.807, 2.05) is 68.4 Å². The molecule has 0 spiro atoms. The second-order valence-electron chi connectivity index (χ2n) is 10.4. The Labute approximate surface area is 229 Å². The van der Waals surface area contributed by atoms with Crippen LogP contribution in [-0.2, 0) is 24.1 Å². The van der Waals surface area contributed by atoms with Gasteiger partial charge >= 0.3 is 6.03 Å². The Bertz CT molecular complexity index is 1250. The number of benzene rings is 3. The summed E-state index contributed by atoms with van der Waals surface area (Å²) in [6, 6.07) is 20.8. The van der Waals surface area contributed by atoms with Crippen LogP contribution in [0.15, 0.2) is 72.8 Å². The van der Waals surface area contributed by atoms with E-state index >= 15 is 0 Å². The SMILES string of the molecule is CC(C)(Cc1cccc(CC(=O)N[C@H](CO)Cc2ccccc2)c1)NC[C@H](O)c1ccc(O)c(NC(N)=O)c1. The molecule has 208 valence electrons. The van der Waals surface area contributed by atoms with Crippen molar-refractivity contribution in [2.45, 2.75) is 50.8 Å². The van der Waals surface area contributed by atoms with E-state index in [2.05, 4.69) is 16.0 Å². The van der Waals surface area contributed by atoms with Gasteiger partial charge in [0, 0.05) is 12.1 Å². The standard InChI is InChI=1S/C30H38N4O5/c1-30(2,32-18-27(37)23-11-12-26(36)25(16-23)34-29(31)39)17-22-10-6-9-21(13-22)15-28(38)33-24(19-35)14-20-7-4-3-5-8-20/h3-13,16,24,27,32,35-37H,14-15,17-19H2,1-2H3,(H,33,38)(H3,31,34,39)/t24-,27-/m0/s1. The summed E-state index contributed by atoms with van der Waals surface area (Å²) in [6.45, 7) is 4.14. The van der Waals surface area contributed by atoms with Crippen molar-refractivity contribution in [3.05, 3.63) is 95.1 Å². The highest BCUT2D eigenvalue weighted by Gasteiger charge is 2.21. The maximum atomic E-state index is 12.7. The first-order valence-electron chi connectivity index (χ1n) is 12.9. The van der Waals surface area contributed by atoms with Gasteiger partial charge in [-0.15, -0.1) is 0 Å². The summed E-state index contributed by atoms with van der Waals surface area (Å²) >= 11 is 0. The van der Waals surface area contributed by atoms with Crippen LogP contribution >= 0.6 is 0 Å². The molecular formula is C30H38N4O5. The number of phenolic OH excluding ortho intramolecular Hbond substituents is 1. The molecule has 3 amide bonds. The van der Waals surface area contributed by atoms with Crippen LogP contribution < -0.4 is 21.7 Å². The van der Waals surface area contributed by atoms with Gasteiger partial charge in [-0.2, -0.15) is 0 Å². The lowest BCUT2D eigenvalue weighted by Crippen LogP contribution is -2.43. The monoisotopic (exact) mass is 534 g/mol. The van der Waals surface area contributed by atoms with Gasteiger partial charge in [-0.25, -0.2) is 4.79 Å². The van der Waals surface area contributed by atoms with E-state index in [1.165, 1.54) is 12.1 Å². The predicted octanol–water partition coefficient (Wildman–Crippen LogP) is 2.79. The number of urea groups is 1. The number of carbonyl (C=O) groups excluding carboxylic acids is 2. The lowest BCUT2D eigenvalue weighted by Gasteiger charge is -2.28. The smallest absolute Gasteiger partial charge is 0.316 e. The molecule has 0 aliphatic rings. The zero-order chi connectivity index (χ0) is 28.4. The average Bonchev–Trinajstić information content (AvgIpc) is 2.88. The molecule has 3 aromatic rings. The van der Waals surface area contributed by atoms with Crippen LogP contribution in [0.4, 0.5) is 10.5 Å². The van der Waals surface area contributed by atoms with Crippen LogP contribution in [0, 0.1) is 0 Å². The zero-order valence-electron chi connectivity index (χ0n) is 22.4. The first kappa shape index (κ1) is 29.6. The van der Waals surface area contributed by atoms with Crippen LogP contribution in [0.1, 0.15) is 42.2 Å². The summed E-state index contributed by atoms with van der Waals surface area (Å²) in [5.41, 5.74) is 8.35. The third-order valence-corrected chi connectivity index (χ3v) is 6.35. The topological polar surface area (TPSA) is 157 Å². The number of aliphatic hydroxyl groups is 2. The van der Waals surface area contributed by atoms with E-state index in [1.54, 1.807) is 6.07 Å². The van der Waals surface area contributed by atoms with Crippen molar-refractivity contribution >= 4 is 17.6 Å². The van der Waals surface area contributed by atoms with Crippen molar-refractivity contribution in [2.75, 3.05) is 18.5 Å². The Kier molecular flexibility index (Phi) is 10.4. The number of aliphatic hydroxyl groups excluding tert-OH is 2. The van der Waals surface area contributed by atoms with Gasteiger partial charge in [0.05, 0.1) is 30.9 Å². The van der Waals surface area contributed by atoms with Crippen molar-refractivity contribution in [3.8, 4) is 5.75 Å². The number of β-amino-alcohol motifs (C(OH)–C–C–N with tert-alkyl or cyclic N) is 1. The Morgan fingerprint density at radius 2 is 1.64 bits per heavy atom. The van der Waals surface area contributed by atoms with Crippen LogP contribution in [0.2, 0.25) is 0 Å². The number of rotatable bonds is 13. The van der Waals surface area contributed by atoms with E-state index in [-0.39, 0.29) is 48.5 Å². The minimum absolute atomic E-state index is 0.129. The van der Waals surface area contributed by atoms with Crippen LogP contribution in [0.25, 0.3) is 0 Å². The summed E-state index contributed by atoms with van der Waals surface area (Å²) in [4.78, 5) is 23.8. The molecule has 2 atom stereocenters. The predicted molar refractivity (Wildman–Crippen MR) is 151 cm³/mol. The molecular weight excluding hydrogens is 496 g/mol. The third-order valence-electron chi connectivity index (χ3n) is 6.35. The number of nitrogens with two attached hydrogens (primary N) is 1. The second kappa shape index (κ2) is 13.7. The highest BCUT2D eigenvalue weighted by molar-refractivity contribution is 5.89. The number of primary amides is 1. The molecule has 0 radical (unpaired) electrons. The maximum Gasteiger partial charge on any atom is 0.316 e. The lowest BCUT2D eigenvalue weighted by molar-refractivity contribution is -0.121. The summed E-state index contributed by atoms with van der Waals surface area (Å²) in [5.74, 6) is -0.295. The third kappa shape index (κ3) is 9.72. The number of anilines is 1. The quantitative estimate of drug-likeness (QED) is 0.167. The Morgan fingerprint density at radius 3 is 2.33 bits per heavy atom. The molecule has 9 heteroatoms. The zero-order valence-corrected chi connectivity index (χ0v) is 22.4. The largest absolute Gasteiger partial charge is 0.506 e. The van der Waals surface area contributed by atoms with E-state index in [9.17, 15) is 24.9 Å². The average molecular weight is 535 g/mol. The fourth-order valence-corrected chi connectivity index (χ4v) is 4.43. The van der Waals surface area contributed by atoms with Gasteiger partial charge < -0.3 is 37.0 Å². The number of nitrogens with one attached hydrogen (secondary N) is 3. The normalized spacial score (nSPS) is 12.9. The van der Waals surface area contributed by atoms with E-state index in [0.29, 0.717) is 18.4 Å². The molecule has 0 saturated heterocycles. The summed E-state index contributed by atoms with van der Waals surface area (Å²) in [6.07, 6.45) is 0.520. The molecule has 3 rings (SSSR count). The first-order valence-corrected chi connectivity index (χ1v) is 12.9. The molecule has 0 heterocycles. The molecule has 0 bridgehead atoms. The van der Waals surface area contributed by atoms with Crippen LogP contribution in [0.5, 0.6) is 5.75 Å². The number of phenols is 1. The fraction of sp³-hybridized carbons (Fsp3) is 0.333. The van der Waals surface area contributed by atoms with Crippen molar-refractivity contribution in [2.24, 2.45) is 5.73 Å². The van der Waals surface area contributed by atoms with Crippen molar-refractivity contribution in [1.82, 2.24) is 10.6 Å². The van der Waals surface area contributed by atoms with E-state index in [0.717, 1.165) is 16.7 Å². The van der Waals surface area contributed by atoms with Gasteiger partial charge in [0.25, 0.3) is 0 Å². The summed E-state index contributed by atoms with van der Waals surface area (Å²) < 4.78 is 0. The molecule has 0 fully saturated rings. The minimum atomic E-state index is -0.885. The van der Waals surface area contributed by atoms with Crippen molar-refractivity contribution < 1.29 is 24.9 Å². The molecule has 3 aromatic carbocycles. The maximum absolute atomic E-state index is 12.7. The van der Waals surface area contributed by atoms with Gasteiger partial charge in [-0.1, -0.05) is 60.7 Å². The first-order chi connectivity index (χ1) is 18.5. The highest BCUT2D eigenvalue weighted by atomic mass is 16.3. The molecule has 39 heavy (non-hydrogen) atoms. The van der Waals surface area contributed by atoms with Gasteiger partial charge in [0.15, 0.2) is 0 Å². The van der Waals surface area contributed by atoms with Crippen LogP contribution in [0.3, 0.4) is 0 Å². The minimum Gasteiger partial charge on any atom is -0.506 e. The molecule has 0 unspecified atom stereocenters. The molecule has 0 aromatic heterocycles. The van der Waals surface area contributed by atoms with Crippen molar-refractivity contribution in [1.29, 1.82) is 0 Å². The lowest BCUT2D eigenvalue weighted by atomic mass is 9.93. The van der Waals surface area contributed by atoms with E-state index in [4.69, 9.17) is 5.73 Å². The molecule has 9 nitrogen and oxygen atoms in total. The molecule has 8 N–H and O–H groups in total. The summed E-state index contributed by atoms with van der Waals surface area (Å²) in [7, 11) is 0. The molecule has 0 aliphatic heterocycles. The fourth-order valence-electron chi connectivity index (χ4n) is 4.43. The second-order valence-corrected chi connectivity index (χ2v) is 10.4. The number of carbonyl (C=O) groups is 2. The highest BCUT2D eigenvalue weighted by Crippen LogP contribution is 2.27. The number of aromatic hydroxyl groups is 1. The van der Waals surface area contributed by atoms with Gasteiger partial charge in [-0.3, -0.25) is 4.79 Å². The molecule has 0 aliphatic carbocycles. The summed E-state index contributed by atoms with van der Waals surface area (Å²) in [5, 5.41) is 38.9. The van der Waals surface area contributed by atoms with Gasteiger partial charge in [0.2, 0.25) is 5.91 Å². The Hall–Kier alpha value is -3.92. The number of amides is 3. The number of hydrogen-bond acceptors (Lipinski definition) is 6. The van der Waals surface area contributed by atoms with Crippen molar-refractivity contribution in [3.63, 3.8) is 0 Å². The van der Waals surface area contributed by atoms with Gasteiger partial charge in [-0.05, 0) is 61.1 Å². The van der Waals surface area contributed by atoms with Crippen LogP contribution in [-0.4, -0.2) is 52.0 Å².